The molecule has 13 heavy (non-hydrogen) atoms. The second-order valence-corrected chi connectivity index (χ2v) is 2.70. The summed E-state index contributed by atoms with van der Waals surface area (Å²) in [4.78, 5) is 0. The van der Waals surface area contributed by atoms with Crippen molar-refractivity contribution in [1.29, 1.82) is 0 Å². The zero-order valence-electron chi connectivity index (χ0n) is 6.49. The van der Waals surface area contributed by atoms with Gasteiger partial charge in [-0.2, -0.15) is 10.7 Å². The van der Waals surface area contributed by atoms with Crippen molar-refractivity contribution in [3.8, 4) is 0 Å². The average molecular weight is 175 g/mol. The van der Waals surface area contributed by atoms with E-state index >= 15 is 0 Å². The van der Waals surface area contributed by atoms with E-state index in [4.69, 9.17) is 0 Å². The highest BCUT2D eigenvalue weighted by molar-refractivity contribution is 6.02. The maximum Gasteiger partial charge on any atom is 0.160 e. The molecule has 0 fully saturated rings. The van der Waals surface area contributed by atoms with E-state index in [0.717, 1.165) is 11.4 Å². The van der Waals surface area contributed by atoms with Gasteiger partial charge in [0.05, 0.1) is 11.4 Å². The van der Waals surface area contributed by atoms with E-state index in [-0.39, 0.29) is 6.04 Å². The van der Waals surface area contributed by atoms with Crippen molar-refractivity contribution in [2.75, 3.05) is 0 Å². The van der Waals surface area contributed by atoms with Crippen LogP contribution in [0.4, 0.5) is 0 Å². The van der Waals surface area contributed by atoms with Crippen LogP contribution in [0.1, 0.15) is 0 Å². The van der Waals surface area contributed by atoms with Crippen LogP contribution in [0, 0.1) is 0 Å². The van der Waals surface area contributed by atoms with E-state index in [9.17, 15) is 0 Å². The molecule has 0 saturated carbocycles. The quantitative estimate of drug-likeness (QED) is 0.589. The third kappa shape index (κ3) is 0.805. The van der Waals surface area contributed by atoms with Crippen LogP contribution in [-0.4, -0.2) is 16.9 Å². The lowest BCUT2D eigenvalue weighted by molar-refractivity contribution is 0.141. The Morgan fingerprint density at radius 3 is 3.46 bits per heavy atom. The van der Waals surface area contributed by atoms with Crippen LogP contribution in [0.25, 0.3) is 0 Å². The molecule has 0 amide bonds. The van der Waals surface area contributed by atoms with Crippen LogP contribution >= 0.6 is 0 Å². The van der Waals surface area contributed by atoms with E-state index in [1.807, 2.05) is 18.2 Å². The molecule has 0 spiro atoms. The van der Waals surface area contributed by atoms with Gasteiger partial charge in [0.25, 0.3) is 0 Å². The number of nitrogens with zero attached hydrogens (tertiary/aromatic N) is 6. The lowest BCUT2D eigenvalue weighted by atomic mass is 10.0. The molecule has 0 radical (unpaired) electrons. The van der Waals surface area contributed by atoms with Crippen molar-refractivity contribution in [2.45, 2.75) is 6.04 Å². The monoisotopic (exact) mass is 175 g/mol. The van der Waals surface area contributed by atoms with Crippen LogP contribution in [0.2, 0.25) is 0 Å². The number of allylic oxidation sites excluding steroid dienone is 2. The van der Waals surface area contributed by atoms with E-state index < -0.39 is 0 Å². The first-order valence-corrected chi connectivity index (χ1v) is 3.77. The third-order valence-corrected chi connectivity index (χ3v) is 1.95. The van der Waals surface area contributed by atoms with Crippen LogP contribution in [0.3, 0.4) is 0 Å². The van der Waals surface area contributed by atoms with Gasteiger partial charge in [-0.1, -0.05) is 11.3 Å². The number of nitrogens with one attached hydrogen (secondary N) is 1. The first kappa shape index (κ1) is 6.46. The summed E-state index contributed by atoms with van der Waals surface area (Å²) in [6.45, 7) is 0. The highest BCUT2D eigenvalue weighted by Gasteiger charge is 2.33. The summed E-state index contributed by atoms with van der Waals surface area (Å²) in [5.41, 5.74) is 4.26. The average Bonchev–Trinajstić information content (AvgIpc) is 2.19. The van der Waals surface area contributed by atoms with Gasteiger partial charge < -0.3 is 0 Å². The van der Waals surface area contributed by atoms with Crippen LogP contribution in [0.5, 0.6) is 0 Å². The molecule has 1 atom stereocenters. The van der Waals surface area contributed by atoms with E-state index in [1.54, 1.807) is 0 Å². The molecule has 3 aliphatic rings. The van der Waals surface area contributed by atoms with Gasteiger partial charge in [-0.05, 0) is 22.6 Å². The maximum absolute atomic E-state index is 3.93. The minimum atomic E-state index is -0.0833. The second-order valence-electron chi connectivity index (χ2n) is 2.70. The molecule has 3 rings (SSSR count). The highest BCUT2D eigenvalue weighted by atomic mass is 15.9. The number of hydrazine groups is 1. The molecule has 7 heteroatoms. The standard InChI is InChI=1S/C6H5N7/c1-2-4-6-5(3-1)8-10-12-13(6)11-9-7-4/h1-3,6H,(H,7,11). The lowest BCUT2D eigenvalue weighted by Gasteiger charge is -2.31. The summed E-state index contributed by atoms with van der Waals surface area (Å²) in [5.74, 6) is 0. The van der Waals surface area contributed by atoms with Crippen molar-refractivity contribution in [2.24, 2.45) is 25.9 Å². The molecule has 1 N–H and O–H groups in total. The largest absolute Gasteiger partial charge is 0.181 e. The molecule has 7 nitrogen and oxygen atoms in total. The van der Waals surface area contributed by atoms with Crippen molar-refractivity contribution >= 4 is 5.71 Å². The molecule has 64 valence electrons. The van der Waals surface area contributed by atoms with Crippen LogP contribution < -0.4 is 5.53 Å². The number of hydrogen-bond acceptors (Lipinski definition) is 7. The Balaban J connectivity index is 2.16. The topological polar surface area (TPSA) is 77.1 Å². The minimum absolute atomic E-state index is 0.0833. The molecule has 1 aliphatic carbocycles. The predicted octanol–water partition coefficient (Wildman–Crippen LogP) is 0.733. The summed E-state index contributed by atoms with van der Waals surface area (Å²) in [6.07, 6.45) is 5.62. The van der Waals surface area contributed by atoms with Crippen LogP contribution in [0.15, 0.2) is 49.8 Å². The van der Waals surface area contributed by atoms with Gasteiger partial charge in [0.2, 0.25) is 0 Å². The Hall–Kier alpha value is -2.05. The summed E-state index contributed by atoms with van der Waals surface area (Å²) >= 11 is 0. The molecule has 1 unspecified atom stereocenters. The highest BCUT2D eigenvalue weighted by Crippen LogP contribution is 2.23. The van der Waals surface area contributed by atoms with Gasteiger partial charge in [-0.25, -0.2) is 0 Å². The fourth-order valence-electron chi connectivity index (χ4n) is 1.38. The Morgan fingerprint density at radius 1 is 1.46 bits per heavy atom. The molecule has 0 saturated heterocycles. The maximum atomic E-state index is 3.93. The third-order valence-electron chi connectivity index (χ3n) is 1.95. The molecular formula is C6H5N7. The van der Waals surface area contributed by atoms with Crippen molar-refractivity contribution in [3.63, 3.8) is 0 Å². The fraction of sp³-hybridized carbons (Fsp3) is 0.167. The van der Waals surface area contributed by atoms with Crippen LogP contribution in [-0.2, 0) is 0 Å². The zero-order valence-corrected chi connectivity index (χ0v) is 6.49. The first-order chi connectivity index (χ1) is 6.45. The number of rotatable bonds is 0. The Kier molecular flexibility index (Phi) is 1.10. The lowest BCUT2D eigenvalue weighted by Crippen LogP contribution is -2.48. The molecule has 2 aliphatic heterocycles. The molecular weight excluding hydrogens is 170 g/mol. The number of hydrogen-bond donors (Lipinski definition) is 1. The summed E-state index contributed by atoms with van der Waals surface area (Å²) in [6, 6.07) is -0.0833. The van der Waals surface area contributed by atoms with Gasteiger partial charge >= 0.3 is 0 Å². The molecule has 0 aromatic rings. The van der Waals surface area contributed by atoms with Gasteiger partial charge in [0, 0.05) is 0 Å². The van der Waals surface area contributed by atoms with Gasteiger partial charge in [-0.15, -0.1) is 10.2 Å². The van der Waals surface area contributed by atoms with Gasteiger partial charge in [-0.3, -0.25) is 0 Å². The fourth-order valence-corrected chi connectivity index (χ4v) is 1.38. The summed E-state index contributed by atoms with van der Waals surface area (Å²) < 4.78 is 0. The Morgan fingerprint density at radius 2 is 2.46 bits per heavy atom. The molecule has 0 bridgehead atoms. The zero-order chi connectivity index (χ0) is 8.67. The second kappa shape index (κ2) is 2.22. The summed E-state index contributed by atoms with van der Waals surface area (Å²) in [5, 5.41) is 20.4. The minimum Gasteiger partial charge on any atom is -0.181 e. The van der Waals surface area contributed by atoms with E-state index in [0.29, 0.717) is 0 Å². The Labute approximate surface area is 73.1 Å². The molecule has 0 aromatic heterocycles. The smallest absolute Gasteiger partial charge is 0.160 e. The van der Waals surface area contributed by atoms with Gasteiger partial charge in [0.15, 0.2) is 6.04 Å². The Bertz CT molecular complexity index is 388. The SMILES string of the molecule is C1=CC2=NN=NN3NN=NC(=C1)C23. The van der Waals surface area contributed by atoms with Crippen molar-refractivity contribution in [3.05, 3.63) is 23.9 Å². The van der Waals surface area contributed by atoms with Crippen molar-refractivity contribution < 1.29 is 0 Å². The van der Waals surface area contributed by atoms with Crippen molar-refractivity contribution in [1.82, 2.24) is 10.7 Å². The predicted molar refractivity (Wildman–Crippen MR) is 43.1 cm³/mol. The van der Waals surface area contributed by atoms with Gasteiger partial charge in [0.1, 0.15) is 0 Å². The normalized spacial score (nSPS) is 27.7. The van der Waals surface area contributed by atoms with E-state index in [1.165, 1.54) is 5.12 Å². The molecule has 0 aromatic carbocycles. The summed E-state index contributed by atoms with van der Waals surface area (Å²) in [7, 11) is 0. The first-order valence-electron chi connectivity index (χ1n) is 3.77. The van der Waals surface area contributed by atoms with E-state index in [2.05, 4.69) is 31.4 Å². The molecule has 2 heterocycles.